The van der Waals surface area contributed by atoms with E-state index in [0.717, 1.165) is 55.8 Å². The molecule has 4 rings (SSSR count). The molecular weight excluding hydrogens is 312 g/mol. The third-order valence-corrected chi connectivity index (χ3v) is 5.25. The van der Waals surface area contributed by atoms with E-state index in [2.05, 4.69) is 10.6 Å². The van der Waals surface area contributed by atoms with Gasteiger partial charge in [0.05, 0.1) is 5.41 Å². The molecule has 1 aliphatic carbocycles. The molecular formula is C21H24N2O2. The number of hydrogen-bond donors (Lipinski definition) is 2. The molecule has 2 fully saturated rings. The number of rotatable bonds is 5. The first-order valence-corrected chi connectivity index (χ1v) is 9.08. The van der Waals surface area contributed by atoms with Crippen molar-refractivity contribution in [3.63, 3.8) is 0 Å². The zero-order valence-electron chi connectivity index (χ0n) is 14.3. The van der Waals surface area contributed by atoms with Crippen molar-refractivity contribution < 1.29 is 9.53 Å². The van der Waals surface area contributed by atoms with Gasteiger partial charge in [0.25, 0.3) is 0 Å². The van der Waals surface area contributed by atoms with E-state index in [0.29, 0.717) is 6.04 Å². The number of benzene rings is 2. The molecule has 1 saturated heterocycles. The Kier molecular flexibility index (Phi) is 4.45. The van der Waals surface area contributed by atoms with Crippen molar-refractivity contribution in [3.8, 4) is 0 Å². The molecule has 2 N–H and O–H groups in total. The first-order chi connectivity index (χ1) is 12.3. The maximum Gasteiger partial charge on any atom is 0.235 e. The number of ether oxygens (including phenoxy) is 1. The smallest absolute Gasteiger partial charge is 0.235 e. The number of nitrogens with one attached hydrogen (secondary N) is 2. The molecule has 0 aromatic heterocycles. The molecule has 0 bridgehead atoms. The lowest BCUT2D eigenvalue weighted by Gasteiger charge is -2.24. The van der Waals surface area contributed by atoms with E-state index in [9.17, 15) is 4.79 Å². The van der Waals surface area contributed by atoms with E-state index >= 15 is 0 Å². The van der Waals surface area contributed by atoms with Gasteiger partial charge >= 0.3 is 0 Å². The fraction of sp³-hybridized carbons (Fsp3) is 0.381. The summed E-state index contributed by atoms with van der Waals surface area (Å²) in [6.45, 7) is 1.65. The number of amides is 1. The molecule has 2 aromatic rings. The largest absolute Gasteiger partial charge is 0.382 e. The van der Waals surface area contributed by atoms with Crippen LogP contribution in [-0.2, 0) is 14.9 Å². The van der Waals surface area contributed by atoms with Gasteiger partial charge in [0.2, 0.25) is 5.91 Å². The Morgan fingerprint density at radius 2 is 1.56 bits per heavy atom. The van der Waals surface area contributed by atoms with Gasteiger partial charge in [0.15, 0.2) is 0 Å². The molecule has 1 amide bonds. The Hall–Kier alpha value is -2.33. The summed E-state index contributed by atoms with van der Waals surface area (Å²) in [4.78, 5) is 12.8. The van der Waals surface area contributed by atoms with E-state index in [1.54, 1.807) is 0 Å². The molecule has 2 aliphatic rings. The standard InChI is InChI=1S/C21H24N2O2/c24-20(21(12-13-21)16-4-2-1-3-5-16)23-18-8-6-17(7-9-18)22-19-10-14-25-15-11-19/h1-9,19,22H,10-15H2,(H,23,24). The Morgan fingerprint density at radius 1 is 0.920 bits per heavy atom. The SMILES string of the molecule is O=C(Nc1ccc(NC2CCOCC2)cc1)C1(c2ccccc2)CC1. The first-order valence-electron chi connectivity index (χ1n) is 9.08. The van der Waals surface area contributed by atoms with Crippen LogP contribution in [0.15, 0.2) is 54.6 Å². The van der Waals surface area contributed by atoms with Gasteiger partial charge in [-0.1, -0.05) is 30.3 Å². The zero-order chi connectivity index (χ0) is 17.1. The van der Waals surface area contributed by atoms with Crippen LogP contribution in [0.1, 0.15) is 31.2 Å². The minimum absolute atomic E-state index is 0.101. The van der Waals surface area contributed by atoms with Gasteiger partial charge < -0.3 is 15.4 Å². The lowest BCUT2D eigenvalue weighted by atomic mass is 9.95. The molecule has 130 valence electrons. The summed E-state index contributed by atoms with van der Waals surface area (Å²) in [6.07, 6.45) is 3.93. The van der Waals surface area contributed by atoms with Gasteiger partial charge in [0.1, 0.15) is 0 Å². The third kappa shape index (κ3) is 3.54. The van der Waals surface area contributed by atoms with Crippen molar-refractivity contribution in [1.29, 1.82) is 0 Å². The molecule has 1 aliphatic heterocycles. The highest BCUT2D eigenvalue weighted by Crippen LogP contribution is 2.48. The number of carbonyl (C=O) groups excluding carboxylic acids is 1. The van der Waals surface area contributed by atoms with Crippen LogP contribution in [0.25, 0.3) is 0 Å². The van der Waals surface area contributed by atoms with Crippen LogP contribution >= 0.6 is 0 Å². The average molecular weight is 336 g/mol. The zero-order valence-corrected chi connectivity index (χ0v) is 14.3. The molecule has 4 nitrogen and oxygen atoms in total. The fourth-order valence-electron chi connectivity index (χ4n) is 3.51. The molecule has 0 spiro atoms. The molecule has 2 aromatic carbocycles. The maximum absolute atomic E-state index is 12.8. The quantitative estimate of drug-likeness (QED) is 0.869. The monoisotopic (exact) mass is 336 g/mol. The minimum Gasteiger partial charge on any atom is -0.382 e. The number of anilines is 2. The number of carbonyl (C=O) groups is 1. The van der Waals surface area contributed by atoms with E-state index in [-0.39, 0.29) is 11.3 Å². The summed E-state index contributed by atoms with van der Waals surface area (Å²) < 4.78 is 5.39. The Balaban J connectivity index is 1.39. The molecule has 4 heteroatoms. The molecule has 0 radical (unpaired) electrons. The second kappa shape index (κ2) is 6.89. The maximum atomic E-state index is 12.8. The summed E-state index contributed by atoms with van der Waals surface area (Å²) in [5.41, 5.74) is 2.73. The van der Waals surface area contributed by atoms with Crippen molar-refractivity contribution >= 4 is 17.3 Å². The Morgan fingerprint density at radius 3 is 2.20 bits per heavy atom. The normalized spacial score (nSPS) is 19.2. The van der Waals surface area contributed by atoms with Crippen LogP contribution in [-0.4, -0.2) is 25.2 Å². The van der Waals surface area contributed by atoms with E-state index in [4.69, 9.17) is 4.74 Å². The summed E-state index contributed by atoms with van der Waals surface area (Å²) in [7, 11) is 0. The second-order valence-corrected chi connectivity index (χ2v) is 7.01. The van der Waals surface area contributed by atoms with Crippen LogP contribution in [0.3, 0.4) is 0 Å². The Bertz CT molecular complexity index is 717. The highest BCUT2D eigenvalue weighted by molar-refractivity contribution is 6.01. The predicted molar refractivity (Wildman–Crippen MR) is 99.9 cm³/mol. The molecule has 0 atom stereocenters. The van der Waals surface area contributed by atoms with Crippen molar-refractivity contribution in [2.75, 3.05) is 23.8 Å². The topological polar surface area (TPSA) is 50.4 Å². The van der Waals surface area contributed by atoms with Crippen LogP contribution < -0.4 is 10.6 Å². The van der Waals surface area contributed by atoms with Crippen molar-refractivity contribution in [3.05, 3.63) is 60.2 Å². The molecule has 1 saturated carbocycles. The van der Waals surface area contributed by atoms with Gasteiger partial charge in [-0.2, -0.15) is 0 Å². The minimum atomic E-state index is -0.333. The Labute approximate surface area is 148 Å². The summed E-state index contributed by atoms with van der Waals surface area (Å²) in [5, 5.41) is 6.62. The van der Waals surface area contributed by atoms with Gasteiger partial charge in [-0.15, -0.1) is 0 Å². The van der Waals surface area contributed by atoms with Crippen LogP contribution in [0, 0.1) is 0 Å². The fourth-order valence-corrected chi connectivity index (χ4v) is 3.51. The third-order valence-electron chi connectivity index (χ3n) is 5.25. The van der Waals surface area contributed by atoms with E-state index in [1.807, 2.05) is 54.6 Å². The summed E-state index contributed by atoms with van der Waals surface area (Å²) in [6, 6.07) is 18.6. The van der Waals surface area contributed by atoms with E-state index < -0.39 is 0 Å². The van der Waals surface area contributed by atoms with Crippen molar-refractivity contribution in [2.24, 2.45) is 0 Å². The lowest BCUT2D eigenvalue weighted by molar-refractivity contribution is -0.118. The van der Waals surface area contributed by atoms with Gasteiger partial charge in [-0.05, 0) is 55.5 Å². The van der Waals surface area contributed by atoms with Crippen molar-refractivity contribution in [1.82, 2.24) is 0 Å². The first kappa shape index (κ1) is 16.2. The summed E-state index contributed by atoms with van der Waals surface area (Å²) >= 11 is 0. The number of hydrogen-bond acceptors (Lipinski definition) is 3. The lowest BCUT2D eigenvalue weighted by Crippen LogP contribution is -2.28. The molecule has 25 heavy (non-hydrogen) atoms. The highest BCUT2D eigenvalue weighted by Gasteiger charge is 2.51. The van der Waals surface area contributed by atoms with Gasteiger partial charge in [-0.25, -0.2) is 0 Å². The van der Waals surface area contributed by atoms with Gasteiger partial charge in [0, 0.05) is 30.6 Å². The van der Waals surface area contributed by atoms with Crippen LogP contribution in [0.2, 0.25) is 0 Å². The highest BCUT2D eigenvalue weighted by atomic mass is 16.5. The van der Waals surface area contributed by atoms with E-state index in [1.165, 1.54) is 0 Å². The predicted octanol–water partition coefficient (Wildman–Crippen LogP) is 3.95. The van der Waals surface area contributed by atoms with Crippen molar-refractivity contribution in [2.45, 2.75) is 37.1 Å². The van der Waals surface area contributed by atoms with Gasteiger partial charge in [-0.3, -0.25) is 4.79 Å². The summed E-state index contributed by atoms with van der Waals surface area (Å²) in [5.74, 6) is 0.101. The van der Waals surface area contributed by atoms with Crippen LogP contribution in [0.4, 0.5) is 11.4 Å². The average Bonchev–Trinajstić information content (AvgIpc) is 3.47. The molecule has 0 unspecified atom stereocenters. The van der Waals surface area contributed by atoms with Crippen LogP contribution in [0.5, 0.6) is 0 Å². The molecule has 1 heterocycles. The second-order valence-electron chi connectivity index (χ2n) is 7.01.